The fraction of sp³-hybridized carbons (Fsp3) is 0.625. The number of aliphatic imine (C=N–C) groups is 1. The summed E-state index contributed by atoms with van der Waals surface area (Å²) in [6, 6.07) is 2.11. The van der Waals surface area contributed by atoms with Crippen molar-refractivity contribution in [2.24, 2.45) is 4.99 Å². The fourth-order valence-electron chi connectivity index (χ4n) is 2.52. The molecule has 1 amide bonds. The van der Waals surface area contributed by atoms with Gasteiger partial charge in [0, 0.05) is 64.6 Å². The summed E-state index contributed by atoms with van der Waals surface area (Å²) in [5.41, 5.74) is 0. The molecule has 0 bridgehead atoms. The lowest BCUT2D eigenvalue weighted by atomic mass is 10.3. The Labute approximate surface area is 166 Å². The molecule has 1 aromatic rings. The lowest BCUT2D eigenvalue weighted by Gasteiger charge is -2.34. The van der Waals surface area contributed by atoms with Gasteiger partial charge in [0.1, 0.15) is 0 Å². The zero-order chi connectivity index (χ0) is 17.4. The second-order valence-corrected chi connectivity index (χ2v) is 5.96. The van der Waals surface area contributed by atoms with Crippen LogP contribution >= 0.6 is 24.0 Å². The van der Waals surface area contributed by atoms with E-state index in [1.165, 1.54) is 0 Å². The van der Waals surface area contributed by atoms with Crippen LogP contribution in [-0.2, 0) is 4.79 Å². The molecule has 2 heterocycles. The van der Waals surface area contributed by atoms with Crippen LogP contribution in [0.3, 0.4) is 0 Å². The van der Waals surface area contributed by atoms with Gasteiger partial charge in [-0.1, -0.05) is 0 Å². The Morgan fingerprint density at radius 1 is 1.24 bits per heavy atom. The highest BCUT2D eigenvalue weighted by Crippen LogP contribution is 2.10. The molecular formula is C16H28IN7O. The molecule has 0 radical (unpaired) electrons. The molecule has 1 aliphatic rings. The molecule has 2 rings (SSSR count). The number of hydrogen-bond acceptors (Lipinski definition) is 5. The summed E-state index contributed by atoms with van der Waals surface area (Å²) in [6.07, 6.45) is 3.94. The number of amides is 1. The third kappa shape index (κ3) is 7.00. The number of nitrogens with one attached hydrogen (secondary N) is 2. The Bertz CT molecular complexity index is 545. The van der Waals surface area contributed by atoms with Crippen molar-refractivity contribution in [3.63, 3.8) is 0 Å². The Balaban J connectivity index is 0.00000312. The van der Waals surface area contributed by atoms with Crippen molar-refractivity contribution in [3.8, 4) is 0 Å². The second kappa shape index (κ2) is 11.1. The number of carbonyl (C=O) groups excluding carboxylic acids is 1. The van der Waals surface area contributed by atoms with E-state index in [2.05, 4.69) is 30.5 Å². The van der Waals surface area contributed by atoms with E-state index in [1.54, 1.807) is 25.5 Å². The van der Waals surface area contributed by atoms with Gasteiger partial charge in [-0.25, -0.2) is 9.97 Å². The number of piperazine rings is 1. The Morgan fingerprint density at radius 2 is 1.88 bits per heavy atom. The molecule has 0 unspecified atom stereocenters. The molecule has 140 valence electrons. The Kier molecular flexibility index (Phi) is 9.46. The van der Waals surface area contributed by atoms with Crippen molar-refractivity contribution < 1.29 is 4.79 Å². The average Bonchev–Trinajstić information content (AvgIpc) is 2.61. The van der Waals surface area contributed by atoms with E-state index in [4.69, 9.17) is 0 Å². The van der Waals surface area contributed by atoms with Crippen LogP contribution < -0.4 is 15.5 Å². The van der Waals surface area contributed by atoms with Gasteiger partial charge in [0.05, 0.1) is 0 Å². The maximum absolute atomic E-state index is 12.3. The summed E-state index contributed by atoms with van der Waals surface area (Å²) in [7, 11) is 1.73. The van der Waals surface area contributed by atoms with E-state index in [-0.39, 0.29) is 29.9 Å². The summed E-state index contributed by atoms with van der Waals surface area (Å²) in [6.45, 7) is 7.61. The van der Waals surface area contributed by atoms with Crippen molar-refractivity contribution in [1.29, 1.82) is 0 Å². The first-order valence-electron chi connectivity index (χ1n) is 8.37. The lowest BCUT2D eigenvalue weighted by Crippen LogP contribution is -2.50. The van der Waals surface area contributed by atoms with Gasteiger partial charge in [-0.15, -0.1) is 24.0 Å². The third-order valence-electron chi connectivity index (χ3n) is 3.75. The van der Waals surface area contributed by atoms with E-state index in [9.17, 15) is 4.79 Å². The minimum atomic E-state index is 0. The zero-order valence-corrected chi connectivity index (χ0v) is 17.4. The Morgan fingerprint density at radius 3 is 2.44 bits per heavy atom. The number of hydrogen-bond donors (Lipinski definition) is 2. The Hall–Kier alpha value is -1.65. The molecule has 0 aliphatic carbocycles. The van der Waals surface area contributed by atoms with E-state index in [1.807, 2.05) is 18.7 Å². The topological polar surface area (TPSA) is 85.8 Å². The molecule has 0 aromatic carbocycles. The number of aromatic nitrogens is 2. The van der Waals surface area contributed by atoms with Gasteiger partial charge in [0.15, 0.2) is 5.96 Å². The number of anilines is 1. The monoisotopic (exact) mass is 461 g/mol. The largest absolute Gasteiger partial charge is 0.356 e. The number of guanidine groups is 1. The smallest absolute Gasteiger partial charge is 0.225 e. The highest BCUT2D eigenvalue weighted by molar-refractivity contribution is 14.0. The predicted molar refractivity (Wildman–Crippen MR) is 110 cm³/mol. The summed E-state index contributed by atoms with van der Waals surface area (Å²) in [5, 5.41) is 6.37. The molecule has 25 heavy (non-hydrogen) atoms. The molecule has 0 saturated carbocycles. The van der Waals surface area contributed by atoms with Gasteiger partial charge in [0.25, 0.3) is 0 Å². The number of carbonyl (C=O) groups is 1. The fourth-order valence-corrected chi connectivity index (χ4v) is 2.52. The number of halogens is 1. The molecular weight excluding hydrogens is 433 g/mol. The quantitative estimate of drug-likeness (QED) is 0.382. The van der Waals surface area contributed by atoms with Gasteiger partial charge in [-0.05, 0) is 19.9 Å². The van der Waals surface area contributed by atoms with Crippen LogP contribution in [0.5, 0.6) is 0 Å². The predicted octanol–water partition coefficient (Wildman–Crippen LogP) is 0.707. The first-order chi connectivity index (χ1) is 11.6. The number of rotatable bonds is 5. The average molecular weight is 461 g/mol. The van der Waals surface area contributed by atoms with E-state index in [0.717, 1.165) is 25.0 Å². The van der Waals surface area contributed by atoms with Crippen molar-refractivity contribution >= 4 is 41.8 Å². The summed E-state index contributed by atoms with van der Waals surface area (Å²) in [5.74, 6) is 1.62. The van der Waals surface area contributed by atoms with Gasteiger partial charge < -0.3 is 20.4 Å². The van der Waals surface area contributed by atoms with Gasteiger partial charge in [-0.2, -0.15) is 0 Å². The standard InChI is InChI=1S/C16H27N7O.HI/c1-13(2)21-15(17-3)18-8-5-14(24)22-9-11-23(12-10-22)16-19-6-4-7-20-16;/h4,6-7,13H,5,8-12H2,1-3H3,(H2,17,18,21);1H. The van der Waals surface area contributed by atoms with Crippen LogP contribution in [-0.4, -0.2) is 72.5 Å². The van der Waals surface area contributed by atoms with Crippen molar-refractivity contribution in [2.45, 2.75) is 26.3 Å². The number of nitrogens with zero attached hydrogens (tertiary/aromatic N) is 5. The zero-order valence-electron chi connectivity index (χ0n) is 15.1. The molecule has 9 heteroatoms. The molecule has 1 aromatic heterocycles. The third-order valence-corrected chi connectivity index (χ3v) is 3.75. The maximum atomic E-state index is 12.3. The van der Waals surface area contributed by atoms with Crippen LogP contribution in [0.1, 0.15) is 20.3 Å². The van der Waals surface area contributed by atoms with Gasteiger partial charge >= 0.3 is 0 Å². The molecule has 0 atom stereocenters. The van der Waals surface area contributed by atoms with Crippen LogP contribution in [0.2, 0.25) is 0 Å². The first-order valence-corrected chi connectivity index (χ1v) is 8.37. The minimum absolute atomic E-state index is 0. The van der Waals surface area contributed by atoms with E-state index in [0.29, 0.717) is 32.1 Å². The summed E-state index contributed by atoms with van der Waals surface area (Å²) < 4.78 is 0. The molecule has 0 spiro atoms. The molecule has 2 N–H and O–H groups in total. The highest BCUT2D eigenvalue weighted by atomic mass is 127. The molecule has 1 fully saturated rings. The molecule has 1 aliphatic heterocycles. The van der Waals surface area contributed by atoms with Crippen LogP contribution in [0, 0.1) is 0 Å². The second-order valence-electron chi connectivity index (χ2n) is 5.96. The minimum Gasteiger partial charge on any atom is -0.356 e. The van der Waals surface area contributed by atoms with E-state index >= 15 is 0 Å². The summed E-state index contributed by atoms with van der Waals surface area (Å²) >= 11 is 0. The van der Waals surface area contributed by atoms with Crippen molar-refractivity contribution in [1.82, 2.24) is 25.5 Å². The maximum Gasteiger partial charge on any atom is 0.225 e. The lowest BCUT2D eigenvalue weighted by molar-refractivity contribution is -0.131. The van der Waals surface area contributed by atoms with E-state index < -0.39 is 0 Å². The van der Waals surface area contributed by atoms with Crippen LogP contribution in [0.25, 0.3) is 0 Å². The SMILES string of the molecule is CN=C(NCCC(=O)N1CCN(c2ncccn2)CC1)NC(C)C.I. The first kappa shape index (κ1) is 21.4. The van der Waals surface area contributed by atoms with Gasteiger partial charge in [0.2, 0.25) is 11.9 Å². The van der Waals surface area contributed by atoms with Crippen LogP contribution in [0.4, 0.5) is 5.95 Å². The van der Waals surface area contributed by atoms with Crippen LogP contribution in [0.15, 0.2) is 23.5 Å². The van der Waals surface area contributed by atoms with Gasteiger partial charge in [-0.3, -0.25) is 9.79 Å². The normalized spacial score (nSPS) is 15.0. The molecule has 8 nitrogen and oxygen atoms in total. The molecule has 1 saturated heterocycles. The highest BCUT2D eigenvalue weighted by Gasteiger charge is 2.22. The van der Waals surface area contributed by atoms with Crippen molar-refractivity contribution in [2.75, 3.05) is 44.7 Å². The summed E-state index contributed by atoms with van der Waals surface area (Å²) in [4.78, 5) is 29.0. The van der Waals surface area contributed by atoms with Crippen molar-refractivity contribution in [3.05, 3.63) is 18.5 Å².